The lowest BCUT2D eigenvalue weighted by atomic mass is 10.1. The Balaban J connectivity index is 2.21. The molecule has 25 heavy (non-hydrogen) atoms. The predicted octanol–water partition coefficient (Wildman–Crippen LogP) is 2.77. The predicted molar refractivity (Wildman–Crippen MR) is 99.9 cm³/mol. The van der Waals surface area contributed by atoms with Crippen molar-refractivity contribution < 1.29 is 14.3 Å². The summed E-state index contributed by atoms with van der Waals surface area (Å²) in [6, 6.07) is 8.24. The minimum absolute atomic E-state index is 0.341. The number of thioether (sulfide) groups is 1. The molecule has 1 amide bonds. The van der Waals surface area contributed by atoms with Crippen molar-refractivity contribution in [3.05, 3.63) is 41.0 Å². The van der Waals surface area contributed by atoms with E-state index in [4.69, 9.17) is 16.3 Å². The van der Waals surface area contributed by atoms with Gasteiger partial charge in [0.15, 0.2) is 0 Å². The lowest BCUT2D eigenvalue weighted by Crippen LogP contribution is -2.42. The molecule has 134 valence electrons. The molecule has 8 heteroatoms. The molecule has 1 aromatic heterocycles. The van der Waals surface area contributed by atoms with Gasteiger partial charge in [0.25, 0.3) is 5.91 Å². The smallest absolute Gasteiger partial charge is 0.328 e. The topological polar surface area (TPSA) is 73.2 Å². The van der Waals surface area contributed by atoms with Crippen molar-refractivity contribution in [1.29, 1.82) is 0 Å². The summed E-state index contributed by atoms with van der Waals surface area (Å²) in [5, 5.41) is 7.62. The third-order valence-electron chi connectivity index (χ3n) is 3.66. The van der Waals surface area contributed by atoms with E-state index in [9.17, 15) is 9.59 Å². The molecule has 0 fully saturated rings. The summed E-state index contributed by atoms with van der Waals surface area (Å²) in [7, 11) is 2.98. The number of benzene rings is 1. The van der Waals surface area contributed by atoms with Gasteiger partial charge < -0.3 is 10.1 Å². The normalized spacial score (nSPS) is 11.8. The van der Waals surface area contributed by atoms with Gasteiger partial charge in [0.2, 0.25) is 0 Å². The number of halogens is 1. The molecule has 0 saturated carbocycles. The number of aryl methyl sites for hydroxylation is 1. The second kappa shape index (κ2) is 8.92. The van der Waals surface area contributed by atoms with Crippen molar-refractivity contribution in [2.75, 3.05) is 19.1 Å². The molecule has 0 saturated heterocycles. The van der Waals surface area contributed by atoms with E-state index >= 15 is 0 Å². The molecule has 1 heterocycles. The van der Waals surface area contributed by atoms with Crippen LogP contribution in [-0.2, 0) is 16.6 Å². The second-order valence-corrected chi connectivity index (χ2v) is 6.74. The summed E-state index contributed by atoms with van der Waals surface area (Å²) in [4.78, 5) is 24.4. The van der Waals surface area contributed by atoms with Gasteiger partial charge in [-0.1, -0.05) is 29.8 Å². The van der Waals surface area contributed by atoms with Crippen LogP contribution < -0.4 is 5.32 Å². The highest BCUT2D eigenvalue weighted by Crippen LogP contribution is 2.26. The number of aromatic nitrogens is 2. The fourth-order valence-electron chi connectivity index (χ4n) is 2.34. The zero-order valence-corrected chi connectivity index (χ0v) is 15.9. The number of methoxy groups -OCH3 is 1. The number of carbonyl (C=O) groups excluding carboxylic acids is 2. The lowest BCUT2D eigenvalue weighted by Gasteiger charge is -2.15. The summed E-state index contributed by atoms with van der Waals surface area (Å²) in [5.74, 6) is -0.114. The van der Waals surface area contributed by atoms with Gasteiger partial charge in [-0.3, -0.25) is 9.48 Å². The van der Waals surface area contributed by atoms with Crippen LogP contribution in [0.5, 0.6) is 0 Å². The van der Waals surface area contributed by atoms with Gasteiger partial charge in [0.1, 0.15) is 11.7 Å². The molecule has 0 aliphatic rings. The highest BCUT2D eigenvalue weighted by atomic mass is 35.5. The average Bonchev–Trinajstić information content (AvgIpc) is 2.99. The van der Waals surface area contributed by atoms with Crippen molar-refractivity contribution in [3.8, 4) is 11.3 Å². The van der Waals surface area contributed by atoms with Gasteiger partial charge in [-0.05, 0) is 30.6 Å². The van der Waals surface area contributed by atoms with E-state index < -0.39 is 12.0 Å². The largest absolute Gasteiger partial charge is 0.467 e. The molecule has 6 nitrogen and oxygen atoms in total. The Morgan fingerprint density at radius 3 is 2.76 bits per heavy atom. The Kier molecular flexibility index (Phi) is 6.90. The third kappa shape index (κ3) is 4.76. The number of nitrogens with zero attached hydrogens (tertiary/aromatic N) is 2. The van der Waals surface area contributed by atoms with E-state index in [1.807, 2.05) is 24.5 Å². The van der Waals surface area contributed by atoms with Crippen molar-refractivity contribution in [2.24, 2.45) is 7.05 Å². The van der Waals surface area contributed by atoms with Crippen LogP contribution in [0.1, 0.15) is 16.9 Å². The molecule has 1 N–H and O–H groups in total. The molecule has 0 bridgehead atoms. The monoisotopic (exact) mass is 381 g/mol. The lowest BCUT2D eigenvalue weighted by molar-refractivity contribution is -0.142. The molecule has 2 rings (SSSR count). The summed E-state index contributed by atoms with van der Waals surface area (Å²) in [6.07, 6.45) is 2.43. The Bertz CT molecular complexity index is 763. The first-order chi connectivity index (χ1) is 12.0. The van der Waals surface area contributed by atoms with Crippen LogP contribution in [0, 0.1) is 0 Å². The van der Waals surface area contributed by atoms with Crippen LogP contribution in [0.4, 0.5) is 0 Å². The molecule has 0 aliphatic heterocycles. The quantitative estimate of drug-likeness (QED) is 0.746. The van der Waals surface area contributed by atoms with E-state index in [0.717, 1.165) is 11.3 Å². The summed E-state index contributed by atoms with van der Waals surface area (Å²) in [6.45, 7) is 0. The second-order valence-electron chi connectivity index (χ2n) is 5.35. The standard InChI is InChI=1S/C17H20ClN3O3S/c1-21-15(10-14(20-21)11-6-4-5-7-12(11)18)16(22)19-13(8-9-25-3)17(23)24-2/h4-7,10,13H,8-9H2,1-3H3,(H,19,22)/t13-/m0/s1. The highest BCUT2D eigenvalue weighted by Gasteiger charge is 2.24. The highest BCUT2D eigenvalue weighted by molar-refractivity contribution is 7.98. The van der Waals surface area contributed by atoms with Crippen molar-refractivity contribution in [2.45, 2.75) is 12.5 Å². The number of esters is 1. The van der Waals surface area contributed by atoms with Crippen LogP contribution in [0.3, 0.4) is 0 Å². The van der Waals surface area contributed by atoms with Crippen molar-refractivity contribution in [3.63, 3.8) is 0 Å². The van der Waals surface area contributed by atoms with Gasteiger partial charge >= 0.3 is 5.97 Å². The Labute approximate surface area is 155 Å². The number of rotatable bonds is 7. The van der Waals surface area contributed by atoms with Crippen molar-refractivity contribution >= 4 is 35.2 Å². The Morgan fingerprint density at radius 2 is 2.12 bits per heavy atom. The molecular weight excluding hydrogens is 362 g/mol. The first-order valence-corrected chi connectivity index (χ1v) is 9.41. The van der Waals surface area contributed by atoms with E-state index in [0.29, 0.717) is 22.8 Å². The fourth-order valence-corrected chi connectivity index (χ4v) is 3.04. The zero-order chi connectivity index (χ0) is 18.4. The summed E-state index contributed by atoms with van der Waals surface area (Å²) in [5.41, 5.74) is 1.68. The van der Waals surface area contributed by atoms with Gasteiger partial charge in [0, 0.05) is 12.6 Å². The SMILES string of the molecule is COC(=O)[C@H](CCSC)NC(=O)c1cc(-c2ccccc2Cl)nn1C. The van der Waals surface area contributed by atoms with Gasteiger partial charge in [0.05, 0.1) is 17.8 Å². The number of nitrogens with one attached hydrogen (secondary N) is 1. The van der Waals surface area contributed by atoms with Crippen molar-refractivity contribution in [1.82, 2.24) is 15.1 Å². The molecule has 2 aromatic rings. The summed E-state index contributed by atoms with van der Waals surface area (Å²) < 4.78 is 6.23. The van der Waals surface area contributed by atoms with Crippen LogP contribution in [0.25, 0.3) is 11.3 Å². The fraction of sp³-hybridized carbons (Fsp3) is 0.353. The maximum Gasteiger partial charge on any atom is 0.328 e. The number of carbonyl (C=O) groups is 2. The number of ether oxygens (including phenoxy) is 1. The minimum atomic E-state index is -0.691. The minimum Gasteiger partial charge on any atom is -0.467 e. The first kappa shape index (κ1) is 19.3. The zero-order valence-electron chi connectivity index (χ0n) is 14.3. The van der Waals surface area contributed by atoms with E-state index in [1.54, 1.807) is 30.9 Å². The van der Waals surface area contributed by atoms with Crippen LogP contribution >= 0.6 is 23.4 Å². The van der Waals surface area contributed by atoms with E-state index in [-0.39, 0.29) is 5.91 Å². The molecule has 1 atom stereocenters. The summed E-state index contributed by atoms with van der Waals surface area (Å²) >= 11 is 7.78. The molecule has 0 unspecified atom stereocenters. The van der Waals surface area contributed by atoms with Gasteiger partial charge in [-0.25, -0.2) is 4.79 Å². The Hall–Kier alpha value is -1.99. The number of hydrogen-bond acceptors (Lipinski definition) is 5. The van der Waals surface area contributed by atoms with Crippen LogP contribution in [0.15, 0.2) is 30.3 Å². The Morgan fingerprint density at radius 1 is 1.40 bits per heavy atom. The van der Waals surface area contributed by atoms with Gasteiger partial charge in [-0.15, -0.1) is 0 Å². The van der Waals surface area contributed by atoms with Crippen LogP contribution in [-0.4, -0.2) is 46.8 Å². The number of hydrogen-bond donors (Lipinski definition) is 1. The molecule has 0 radical (unpaired) electrons. The maximum atomic E-state index is 12.6. The molecule has 0 aliphatic carbocycles. The van der Waals surface area contributed by atoms with E-state index in [1.165, 1.54) is 11.8 Å². The third-order valence-corrected chi connectivity index (χ3v) is 4.64. The van der Waals surface area contributed by atoms with Gasteiger partial charge in [-0.2, -0.15) is 16.9 Å². The maximum absolute atomic E-state index is 12.6. The number of amides is 1. The first-order valence-electron chi connectivity index (χ1n) is 7.64. The van der Waals surface area contributed by atoms with Crippen LogP contribution in [0.2, 0.25) is 5.02 Å². The molecule has 1 aromatic carbocycles. The average molecular weight is 382 g/mol. The van der Waals surface area contributed by atoms with E-state index in [2.05, 4.69) is 10.4 Å². The molecular formula is C17H20ClN3O3S. The molecule has 0 spiro atoms.